The molecule has 1 atom stereocenters. The van der Waals surface area contributed by atoms with E-state index in [1.807, 2.05) is 53.5 Å². The van der Waals surface area contributed by atoms with Gasteiger partial charge in [-0.05, 0) is 49.2 Å². The molecule has 3 N–H and O–H groups in total. The van der Waals surface area contributed by atoms with E-state index < -0.39 is 0 Å². The van der Waals surface area contributed by atoms with Crippen LogP contribution in [0.25, 0.3) is 0 Å². The van der Waals surface area contributed by atoms with E-state index in [0.717, 1.165) is 29.9 Å². The third-order valence-electron chi connectivity index (χ3n) is 5.80. The second-order valence-corrected chi connectivity index (χ2v) is 7.91. The Bertz CT molecular complexity index is 977. The Kier molecular flexibility index (Phi) is 5.04. The molecular formula is C22H25N7O. The van der Waals surface area contributed by atoms with Crippen molar-refractivity contribution < 1.29 is 4.79 Å². The monoisotopic (exact) mass is 403 g/mol. The van der Waals surface area contributed by atoms with E-state index in [1.165, 1.54) is 25.7 Å². The molecule has 0 radical (unpaired) electrons. The van der Waals surface area contributed by atoms with Crippen LogP contribution in [-0.2, 0) is 0 Å². The molecule has 0 saturated heterocycles. The minimum Gasteiger partial charge on any atom is -0.349 e. The number of nitrogens with zero attached hydrogens (tertiary/aromatic N) is 4. The van der Waals surface area contributed by atoms with Crippen molar-refractivity contribution in [3.8, 4) is 0 Å². The van der Waals surface area contributed by atoms with Crippen molar-refractivity contribution in [3.05, 3.63) is 54.1 Å². The van der Waals surface area contributed by atoms with Gasteiger partial charge in [-0.3, -0.25) is 4.79 Å². The van der Waals surface area contributed by atoms with Crippen molar-refractivity contribution in [2.24, 2.45) is 15.3 Å². The highest BCUT2D eigenvalue weighted by Gasteiger charge is 2.33. The molecule has 3 aliphatic rings. The number of benzene rings is 2. The highest BCUT2D eigenvalue weighted by molar-refractivity contribution is 6.05. The van der Waals surface area contributed by atoms with Crippen molar-refractivity contribution in [2.45, 2.75) is 50.7 Å². The predicted octanol–water partition coefficient (Wildman–Crippen LogP) is 4.31. The van der Waals surface area contributed by atoms with Gasteiger partial charge in [0.15, 0.2) is 5.84 Å². The third kappa shape index (κ3) is 3.72. The molecule has 8 heteroatoms. The fraction of sp³-hybridized carbons (Fsp3) is 0.364. The fourth-order valence-electron chi connectivity index (χ4n) is 4.19. The molecule has 154 valence electrons. The van der Waals surface area contributed by atoms with Gasteiger partial charge in [0.05, 0.1) is 11.4 Å². The van der Waals surface area contributed by atoms with E-state index in [0.29, 0.717) is 17.4 Å². The first-order chi connectivity index (χ1) is 14.8. The fourth-order valence-corrected chi connectivity index (χ4v) is 4.19. The summed E-state index contributed by atoms with van der Waals surface area (Å²) in [6.45, 7) is 0. The number of amides is 1. The number of aliphatic imine (C=N–C) groups is 1. The Morgan fingerprint density at radius 3 is 2.57 bits per heavy atom. The lowest BCUT2D eigenvalue weighted by Gasteiger charge is -2.29. The van der Waals surface area contributed by atoms with Crippen LogP contribution in [0.4, 0.5) is 17.1 Å². The van der Waals surface area contributed by atoms with Gasteiger partial charge in [0.2, 0.25) is 6.17 Å². The molecule has 1 aliphatic carbocycles. The number of rotatable bonds is 3. The van der Waals surface area contributed by atoms with Gasteiger partial charge in [-0.25, -0.2) is 10.0 Å². The topological polar surface area (TPSA) is 93.5 Å². The summed E-state index contributed by atoms with van der Waals surface area (Å²) in [4.78, 5) is 17.3. The summed E-state index contributed by atoms with van der Waals surface area (Å²) in [6, 6.07) is 15.6. The summed E-state index contributed by atoms with van der Waals surface area (Å²) >= 11 is 0. The van der Waals surface area contributed by atoms with E-state index >= 15 is 0 Å². The van der Waals surface area contributed by atoms with Crippen molar-refractivity contribution >= 4 is 28.8 Å². The molecule has 2 aliphatic heterocycles. The summed E-state index contributed by atoms with van der Waals surface area (Å²) in [6.07, 6.45) is 6.74. The van der Waals surface area contributed by atoms with Crippen LogP contribution >= 0.6 is 0 Å². The lowest BCUT2D eigenvalue weighted by atomic mass is 10.1. The van der Waals surface area contributed by atoms with Gasteiger partial charge < -0.3 is 10.6 Å². The Labute approximate surface area is 175 Å². The van der Waals surface area contributed by atoms with Gasteiger partial charge in [-0.2, -0.15) is 5.53 Å². The molecule has 0 bridgehead atoms. The maximum Gasteiger partial charge on any atom is 0.251 e. The van der Waals surface area contributed by atoms with Crippen molar-refractivity contribution in [1.29, 1.82) is 0 Å². The maximum absolute atomic E-state index is 12.6. The predicted molar refractivity (Wildman–Crippen MR) is 117 cm³/mol. The van der Waals surface area contributed by atoms with Crippen LogP contribution < -0.4 is 21.2 Å². The average Bonchev–Trinajstić information content (AvgIpc) is 3.14. The smallest absolute Gasteiger partial charge is 0.251 e. The minimum absolute atomic E-state index is 0.00245. The number of hydrogen-bond donors (Lipinski definition) is 3. The summed E-state index contributed by atoms with van der Waals surface area (Å²) < 4.78 is 0. The summed E-state index contributed by atoms with van der Waals surface area (Å²) in [7, 11) is 0. The highest BCUT2D eigenvalue weighted by atomic mass is 16.1. The number of fused-ring (bicyclic) bond motifs is 3. The number of carbonyl (C=O) groups is 1. The maximum atomic E-state index is 12.6. The molecule has 1 amide bonds. The molecule has 2 aromatic rings. The zero-order chi connectivity index (χ0) is 20.3. The molecular weight excluding hydrogens is 378 g/mol. The SMILES string of the molecule is O=C(NC1CCCCCC1)c1ccc(NC2=Nc3ccccc3N3NN=NC23)cc1. The Balaban J connectivity index is 1.28. The van der Waals surface area contributed by atoms with Crippen LogP contribution in [0, 0.1) is 0 Å². The van der Waals surface area contributed by atoms with E-state index in [9.17, 15) is 4.79 Å². The summed E-state index contributed by atoms with van der Waals surface area (Å²) in [5, 5.41) is 16.6. The lowest BCUT2D eigenvalue weighted by Crippen LogP contribution is -2.46. The van der Waals surface area contributed by atoms with Gasteiger partial charge in [0.1, 0.15) is 0 Å². The highest BCUT2D eigenvalue weighted by Crippen LogP contribution is 2.35. The van der Waals surface area contributed by atoms with Gasteiger partial charge in [-0.15, -0.1) is 5.11 Å². The standard InChI is InChI=1S/C22H25N7O/c30-22(24-16-7-3-1-2-4-8-16)15-11-13-17(14-12-15)23-20-21-26-27-28-29(21)19-10-6-5-9-18(19)25-20/h5-6,9-14,16,21H,1-4,7-8H2,(H,23,25)(H,24,30)(H,26,28). The van der Waals surface area contributed by atoms with Crippen molar-refractivity contribution in [3.63, 3.8) is 0 Å². The van der Waals surface area contributed by atoms with Crippen LogP contribution in [0.5, 0.6) is 0 Å². The summed E-state index contributed by atoms with van der Waals surface area (Å²) in [5.41, 5.74) is 6.21. The Morgan fingerprint density at radius 1 is 1.00 bits per heavy atom. The number of hydrogen-bond acceptors (Lipinski definition) is 7. The first-order valence-electron chi connectivity index (χ1n) is 10.6. The van der Waals surface area contributed by atoms with Crippen molar-refractivity contribution in [2.75, 3.05) is 10.3 Å². The van der Waals surface area contributed by atoms with E-state index in [-0.39, 0.29) is 12.1 Å². The number of hydrazine groups is 1. The molecule has 2 heterocycles. The molecule has 1 saturated carbocycles. The molecule has 30 heavy (non-hydrogen) atoms. The second kappa shape index (κ2) is 8.14. The largest absolute Gasteiger partial charge is 0.349 e. The van der Waals surface area contributed by atoms with E-state index in [2.05, 4.69) is 26.5 Å². The number of amidine groups is 1. The van der Waals surface area contributed by atoms with Gasteiger partial charge in [-0.1, -0.05) is 43.0 Å². The number of para-hydroxylation sites is 2. The molecule has 5 rings (SSSR count). The van der Waals surface area contributed by atoms with E-state index in [1.54, 1.807) is 0 Å². The number of anilines is 2. The number of carbonyl (C=O) groups excluding carboxylic acids is 1. The van der Waals surface area contributed by atoms with Crippen LogP contribution in [-0.4, -0.2) is 24.0 Å². The minimum atomic E-state index is -0.349. The molecule has 2 aromatic carbocycles. The average molecular weight is 403 g/mol. The summed E-state index contributed by atoms with van der Waals surface area (Å²) in [5.74, 6) is 0.676. The van der Waals surface area contributed by atoms with Crippen LogP contribution in [0.2, 0.25) is 0 Å². The lowest BCUT2D eigenvalue weighted by molar-refractivity contribution is 0.0933. The third-order valence-corrected chi connectivity index (χ3v) is 5.80. The second-order valence-electron chi connectivity index (χ2n) is 7.91. The Hall–Kier alpha value is -3.42. The first kappa shape index (κ1) is 18.6. The first-order valence-corrected chi connectivity index (χ1v) is 10.6. The zero-order valence-corrected chi connectivity index (χ0v) is 16.7. The Morgan fingerprint density at radius 2 is 1.77 bits per heavy atom. The molecule has 1 unspecified atom stereocenters. The molecule has 0 aromatic heterocycles. The number of nitrogens with one attached hydrogen (secondary N) is 3. The normalized spacial score (nSPS) is 20.5. The molecule has 8 nitrogen and oxygen atoms in total. The van der Waals surface area contributed by atoms with Gasteiger partial charge in [0.25, 0.3) is 5.91 Å². The van der Waals surface area contributed by atoms with Crippen LogP contribution in [0.15, 0.2) is 63.9 Å². The molecule has 0 spiro atoms. The zero-order valence-electron chi connectivity index (χ0n) is 16.7. The van der Waals surface area contributed by atoms with Gasteiger partial charge in [0, 0.05) is 17.3 Å². The van der Waals surface area contributed by atoms with Gasteiger partial charge >= 0.3 is 0 Å². The van der Waals surface area contributed by atoms with Crippen molar-refractivity contribution in [1.82, 2.24) is 10.9 Å². The quantitative estimate of drug-likeness (QED) is 0.666. The molecule has 1 fully saturated rings. The van der Waals surface area contributed by atoms with Crippen LogP contribution in [0.1, 0.15) is 48.9 Å². The van der Waals surface area contributed by atoms with Crippen LogP contribution in [0.3, 0.4) is 0 Å². The van der Waals surface area contributed by atoms with E-state index in [4.69, 9.17) is 4.99 Å².